The molecular formula is C13H19N3. The molecule has 0 saturated carbocycles. The molecule has 0 fully saturated rings. The summed E-state index contributed by atoms with van der Waals surface area (Å²) in [4.78, 5) is 0. The summed E-state index contributed by atoms with van der Waals surface area (Å²) < 4.78 is 0. The average Bonchev–Trinajstić information content (AvgIpc) is 2.21. The van der Waals surface area contributed by atoms with E-state index in [1.807, 2.05) is 12.1 Å². The topological polar surface area (TPSA) is 61.8 Å². The van der Waals surface area contributed by atoms with Crippen molar-refractivity contribution in [1.82, 2.24) is 0 Å². The van der Waals surface area contributed by atoms with Gasteiger partial charge in [0.2, 0.25) is 0 Å². The van der Waals surface area contributed by atoms with Crippen LogP contribution in [0.25, 0.3) is 0 Å². The number of benzene rings is 1. The molecule has 0 aliphatic heterocycles. The highest BCUT2D eigenvalue weighted by atomic mass is 15.0. The van der Waals surface area contributed by atoms with Crippen molar-refractivity contribution in [2.24, 2.45) is 0 Å². The number of nitrogens with zero attached hydrogens (tertiary/aromatic N) is 1. The van der Waals surface area contributed by atoms with Crippen LogP contribution in [0.3, 0.4) is 0 Å². The van der Waals surface area contributed by atoms with E-state index in [0.717, 1.165) is 18.5 Å². The predicted octanol–water partition coefficient (Wildman–Crippen LogP) is 3.13. The van der Waals surface area contributed by atoms with Gasteiger partial charge >= 0.3 is 0 Å². The molecule has 0 spiro atoms. The van der Waals surface area contributed by atoms with Crippen molar-refractivity contribution in [3.8, 4) is 6.07 Å². The van der Waals surface area contributed by atoms with Gasteiger partial charge < -0.3 is 11.1 Å². The van der Waals surface area contributed by atoms with Crippen LogP contribution in [0.1, 0.15) is 39.2 Å². The molecule has 0 bridgehead atoms. The lowest BCUT2D eigenvalue weighted by Gasteiger charge is -2.28. The van der Waals surface area contributed by atoms with E-state index in [2.05, 4.69) is 32.2 Å². The van der Waals surface area contributed by atoms with Crippen LogP contribution in [-0.4, -0.2) is 5.54 Å². The molecule has 1 aromatic rings. The van der Waals surface area contributed by atoms with E-state index in [4.69, 9.17) is 11.0 Å². The summed E-state index contributed by atoms with van der Waals surface area (Å²) in [7, 11) is 0. The zero-order chi connectivity index (χ0) is 12.2. The Morgan fingerprint density at radius 3 is 2.69 bits per heavy atom. The van der Waals surface area contributed by atoms with Crippen molar-refractivity contribution in [2.45, 2.75) is 39.2 Å². The third-order valence-corrected chi connectivity index (χ3v) is 2.57. The SMILES string of the molecule is CCCC(C)(C)Nc1cccc(C#N)c1N. The molecule has 1 rings (SSSR count). The van der Waals surface area contributed by atoms with Gasteiger partial charge in [-0.15, -0.1) is 0 Å². The summed E-state index contributed by atoms with van der Waals surface area (Å²) in [5.41, 5.74) is 7.82. The second-order valence-electron chi connectivity index (χ2n) is 4.64. The van der Waals surface area contributed by atoms with Gasteiger partial charge in [-0.25, -0.2) is 0 Å². The Hall–Kier alpha value is -1.69. The molecule has 1 aromatic carbocycles. The van der Waals surface area contributed by atoms with Crippen LogP contribution in [0.5, 0.6) is 0 Å². The highest BCUT2D eigenvalue weighted by Gasteiger charge is 2.17. The van der Waals surface area contributed by atoms with Crippen LogP contribution < -0.4 is 11.1 Å². The smallest absolute Gasteiger partial charge is 0.101 e. The predicted molar refractivity (Wildman–Crippen MR) is 68.2 cm³/mol. The van der Waals surface area contributed by atoms with Gasteiger partial charge in [0.1, 0.15) is 6.07 Å². The third kappa shape index (κ3) is 2.90. The van der Waals surface area contributed by atoms with Gasteiger partial charge in [0.25, 0.3) is 0 Å². The van der Waals surface area contributed by atoms with Gasteiger partial charge in [0, 0.05) is 5.54 Å². The molecule has 0 aromatic heterocycles. The number of para-hydroxylation sites is 1. The van der Waals surface area contributed by atoms with Crippen LogP contribution in [-0.2, 0) is 0 Å². The monoisotopic (exact) mass is 217 g/mol. The second-order valence-corrected chi connectivity index (χ2v) is 4.64. The largest absolute Gasteiger partial charge is 0.396 e. The lowest BCUT2D eigenvalue weighted by Crippen LogP contribution is -2.30. The molecule has 0 atom stereocenters. The Bertz CT molecular complexity index is 402. The van der Waals surface area contributed by atoms with Crippen molar-refractivity contribution in [3.63, 3.8) is 0 Å². The Labute approximate surface area is 97.3 Å². The van der Waals surface area contributed by atoms with Gasteiger partial charge in [-0.1, -0.05) is 19.4 Å². The quantitative estimate of drug-likeness (QED) is 0.762. The van der Waals surface area contributed by atoms with Crippen molar-refractivity contribution in [1.29, 1.82) is 5.26 Å². The number of anilines is 2. The summed E-state index contributed by atoms with van der Waals surface area (Å²) in [5, 5.41) is 12.3. The number of nitrogens with two attached hydrogens (primary N) is 1. The Kier molecular flexibility index (Phi) is 3.78. The standard InChI is InChI=1S/C13H19N3/c1-4-8-13(2,3)16-11-7-5-6-10(9-14)12(11)15/h5-7,16H,4,8,15H2,1-3H3. The van der Waals surface area contributed by atoms with Gasteiger partial charge in [-0.2, -0.15) is 5.26 Å². The molecule has 0 radical (unpaired) electrons. The zero-order valence-corrected chi connectivity index (χ0v) is 10.2. The maximum absolute atomic E-state index is 8.89. The van der Waals surface area contributed by atoms with Crippen LogP contribution in [0.4, 0.5) is 11.4 Å². The summed E-state index contributed by atoms with van der Waals surface area (Å²) in [6.07, 6.45) is 2.17. The number of nitriles is 1. The molecule has 3 N–H and O–H groups in total. The zero-order valence-electron chi connectivity index (χ0n) is 10.2. The van der Waals surface area contributed by atoms with Crippen LogP contribution in [0.15, 0.2) is 18.2 Å². The summed E-state index contributed by atoms with van der Waals surface area (Å²) in [5.74, 6) is 0. The van der Waals surface area contributed by atoms with Crippen molar-refractivity contribution >= 4 is 11.4 Å². The normalized spacial score (nSPS) is 10.9. The fourth-order valence-electron chi connectivity index (χ4n) is 1.82. The molecule has 0 aliphatic rings. The minimum atomic E-state index is -0.00303. The fourth-order valence-corrected chi connectivity index (χ4v) is 1.82. The van der Waals surface area contributed by atoms with Gasteiger partial charge in [0.05, 0.1) is 16.9 Å². The van der Waals surface area contributed by atoms with E-state index in [1.54, 1.807) is 6.07 Å². The van der Waals surface area contributed by atoms with Crippen molar-refractivity contribution in [3.05, 3.63) is 23.8 Å². The number of hydrogen-bond acceptors (Lipinski definition) is 3. The molecule has 0 saturated heterocycles. The van der Waals surface area contributed by atoms with E-state index in [9.17, 15) is 0 Å². The maximum atomic E-state index is 8.89. The fraction of sp³-hybridized carbons (Fsp3) is 0.462. The Morgan fingerprint density at radius 1 is 1.44 bits per heavy atom. The first kappa shape index (κ1) is 12.4. The van der Waals surface area contributed by atoms with Crippen molar-refractivity contribution in [2.75, 3.05) is 11.1 Å². The molecule has 0 heterocycles. The van der Waals surface area contributed by atoms with Gasteiger partial charge in [-0.05, 0) is 32.4 Å². The van der Waals surface area contributed by atoms with Crippen molar-refractivity contribution < 1.29 is 0 Å². The van der Waals surface area contributed by atoms with Crippen LogP contribution >= 0.6 is 0 Å². The number of hydrogen-bond donors (Lipinski definition) is 2. The summed E-state index contributed by atoms with van der Waals surface area (Å²) >= 11 is 0. The summed E-state index contributed by atoms with van der Waals surface area (Å²) in [6.45, 7) is 6.42. The Balaban J connectivity index is 2.94. The Morgan fingerprint density at radius 2 is 2.12 bits per heavy atom. The number of rotatable bonds is 4. The van der Waals surface area contributed by atoms with Crippen LogP contribution in [0, 0.1) is 11.3 Å². The molecular weight excluding hydrogens is 198 g/mol. The lowest BCUT2D eigenvalue weighted by molar-refractivity contribution is 0.511. The maximum Gasteiger partial charge on any atom is 0.101 e. The first-order chi connectivity index (χ1) is 7.50. The number of nitrogen functional groups attached to an aromatic ring is 1. The lowest BCUT2D eigenvalue weighted by atomic mass is 9.98. The second kappa shape index (κ2) is 4.89. The minimum absolute atomic E-state index is 0.00303. The highest BCUT2D eigenvalue weighted by Crippen LogP contribution is 2.26. The molecule has 0 amide bonds. The highest BCUT2D eigenvalue weighted by molar-refractivity contribution is 5.73. The molecule has 0 unspecified atom stereocenters. The van der Waals surface area contributed by atoms with E-state index >= 15 is 0 Å². The molecule has 86 valence electrons. The molecule has 3 nitrogen and oxygen atoms in total. The third-order valence-electron chi connectivity index (χ3n) is 2.57. The first-order valence-corrected chi connectivity index (χ1v) is 5.57. The van der Waals surface area contributed by atoms with E-state index in [-0.39, 0.29) is 5.54 Å². The molecule has 0 aliphatic carbocycles. The van der Waals surface area contributed by atoms with E-state index in [1.165, 1.54) is 0 Å². The number of nitrogens with one attached hydrogen (secondary N) is 1. The molecule has 16 heavy (non-hydrogen) atoms. The van der Waals surface area contributed by atoms with Gasteiger partial charge in [0.15, 0.2) is 0 Å². The first-order valence-electron chi connectivity index (χ1n) is 5.57. The van der Waals surface area contributed by atoms with Crippen LogP contribution in [0.2, 0.25) is 0 Å². The van der Waals surface area contributed by atoms with E-state index < -0.39 is 0 Å². The molecule has 3 heteroatoms. The van der Waals surface area contributed by atoms with Gasteiger partial charge in [-0.3, -0.25) is 0 Å². The van der Waals surface area contributed by atoms with E-state index in [0.29, 0.717) is 11.3 Å². The minimum Gasteiger partial charge on any atom is -0.396 e. The average molecular weight is 217 g/mol. The summed E-state index contributed by atoms with van der Waals surface area (Å²) in [6, 6.07) is 7.57.